The molecule has 0 aliphatic carbocycles. The van der Waals surface area contributed by atoms with Gasteiger partial charge in [-0.3, -0.25) is 14.5 Å². The molecule has 3 rings (SSSR count). The van der Waals surface area contributed by atoms with Crippen LogP contribution in [-0.4, -0.2) is 22.6 Å². The Morgan fingerprint density at radius 3 is 2.57 bits per heavy atom. The van der Waals surface area contributed by atoms with Crippen molar-refractivity contribution >= 4 is 68.1 Å². The van der Waals surface area contributed by atoms with E-state index < -0.39 is 5.91 Å². The number of carbonyl (C=O) groups is 2. The molecular weight excluding hydrogens is 485 g/mol. The van der Waals surface area contributed by atoms with Crippen LogP contribution in [0.2, 0.25) is 10.0 Å². The first-order valence-electron chi connectivity index (χ1n) is 7.94. The van der Waals surface area contributed by atoms with Crippen molar-refractivity contribution in [2.45, 2.75) is 6.61 Å². The van der Waals surface area contributed by atoms with Crippen LogP contribution in [0.25, 0.3) is 6.08 Å². The minimum absolute atomic E-state index is 0.0517. The van der Waals surface area contributed by atoms with E-state index in [2.05, 4.69) is 21.9 Å². The zero-order chi connectivity index (χ0) is 20.3. The van der Waals surface area contributed by atoms with Crippen molar-refractivity contribution in [1.29, 1.82) is 0 Å². The summed E-state index contributed by atoms with van der Waals surface area (Å²) in [5.41, 5.74) is 1.60. The van der Waals surface area contributed by atoms with Crippen molar-refractivity contribution in [3.05, 3.63) is 66.9 Å². The van der Waals surface area contributed by atoms with Crippen LogP contribution in [-0.2, 0) is 11.4 Å². The van der Waals surface area contributed by atoms with E-state index >= 15 is 0 Å². The number of thioether (sulfide) groups is 1. The summed E-state index contributed by atoms with van der Waals surface area (Å²) in [6.07, 6.45) is 6.79. The lowest BCUT2D eigenvalue weighted by Gasteiger charge is -2.11. The van der Waals surface area contributed by atoms with E-state index in [0.717, 1.165) is 22.2 Å². The number of carbonyl (C=O) groups excluding carboxylic acids is 2. The molecule has 2 aromatic rings. The molecule has 1 fully saturated rings. The molecule has 2 amide bonds. The summed E-state index contributed by atoms with van der Waals surface area (Å²) < 4.78 is 6.43. The van der Waals surface area contributed by atoms with Gasteiger partial charge in [-0.2, -0.15) is 0 Å². The molecule has 0 radical (unpaired) electrons. The van der Waals surface area contributed by atoms with Crippen LogP contribution in [0.4, 0.5) is 4.79 Å². The predicted octanol–water partition coefficient (Wildman–Crippen LogP) is 6.00. The number of hydrogen-bond donors (Lipinski definition) is 0. The molecule has 0 unspecified atom stereocenters. The van der Waals surface area contributed by atoms with Gasteiger partial charge in [0.25, 0.3) is 11.1 Å². The lowest BCUT2D eigenvalue weighted by molar-refractivity contribution is -0.122. The molecule has 8 heteroatoms. The number of rotatable bonds is 5. The molecule has 0 spiro atoms. The normalized spacial score (nSPS) is 15.2. The number of amides is 2. The second-order valence-electron chi connectivity index (χ2n) is 5.70. The monoisotopic (exact) mass is 495 g/mol. The first-order valence-corrected chi connectivity index (χ1v) is 10.3. The Hall–Kier alpha value is -1.91. The molecule has 0 N–H and O–H groups in total. The Kier molecular flexibility index (Phi) is 6.73. The van der Waals surface area contributed by atoms with Crippen LogP contribution in [0, 0.1) is 12.3 Å². The molecule has 1 aliphatic rings. The van der Waals surface area contributed by atoms with E-state index in [1.165, 1.54) is 0 Å². The van der Waals surface area contributed by atoms with Gasteiger partial charge < -0.3 is 4.74 Å². The van der Waals surface area contributed by atoms with Gasteiger partial charge in [0.15, 0.2) is 5.75 Å². The molecule has 2 aromatic carbocycles. The fourth-order valence-corrected chi connectivity index (χ4v) is 4.37. The highest BCUT2D eigenvalue weighted by Gasteiger charge is 2.34. The van der Waals surface area contributed by atoms with Crippen LogP contribution in [0.3, 0.4) is 0 Å². The van der Waals surface area contributed by atoms with Crippen LogP contribution >= 0.6 is 50.9 Å². The maximum Gasteiger partial charge on any atom is 0.294 e. The zero-order valence-corrected chi connectivity index (χ0v) is 18.2. The van der Waals surface area contributed by atoms with E-state index in [-0.39, 0.29) is 16.7 Å². The first kappa shape index (κ1) is 20.8. The maximum atomic E-state index is 12.3. The zero-order valence-electron chi connectivity index (χ0n) is 14.2. The number of imide groups is 1. The van der Waals surface area contributed by atoms with Crippen LogP contribution in [0.1, 0.15) is 11.1 Å². The summed E-state index contributed by atoms with van der Waals surface area (Å²) in [7, 11) is 0. The number of benzene rings is 2. The number of nitrogens with zero attached hydrogens (tertiary/aromatic N) is 1. The van der Waals surface area contributed by atoms with Gasteiger partial charge in [0, 0.05) is 5.02 Å². The summed E-state index contributed by atoms with van der Waals surface area (Å²) >= 11 is 16.5. The van der Waals surface area contributed by atoms with E-state index in [1.54, 1.807) is 30.3 Å². The molecule has 1 heterocycles. The minimum Gasteiger partial charge on any atom is -0.486 e. The first-order chi connectivity index (χ1) is 13.4. The number of halogens is 3. The third-order valence-corrected chi connectivity index (χ3v) is 5.77. The molecule has 4 nitrogen and oxygen atoms in total. The Balaban J connectivity index is 1.78. The van der Waals surface area contributed by atoms with Crippen molar-refractivity contribution in [3.8, 4) is 18.1 Å². The standard InChI is InChI=1S/C20H12BrCl2NO3S/c1-2-7-24-19(25)17(28-20(24)26)10-13-8-15(21)18(16(23)9-13)27-11-12-3-5-14(22)6-4-12/h1,3-6,8-10H,7,11H2/b17-10+. The quantitative estimate of drug-likeness (QED) is 0.376. The largest absolute Gasteiger partial charge is 0.486 e. The lowest BCUT2D eigenvalue weighted by atomic mass is 10.2. The summed E-state index contributed by atoms with van der Waals surface area (Å²) in [6.45, 7) is 0.268. The topological polar surface area (TPSA) is 46.6 Å². The highest BCUT2D eigenvalue weighted by molar-refractivity contribution is 9.10. The van der Waals surface area contributed by atoms with Gasteiger partial charge >= 0.3 is 0 Å². The molecule has 142 valence electrons. The van der Waals surface area contributed by atoms with E-state index in [4.69, 9.17) is 34.4 Å². The molecular formula is C20H12BrCl2NO3S. The van der Waals surface area contributed by atoms with Crippen LogP contribution in [0.15, 0.2) is 45.8 Å². The number of terminal acetylenes is 1. The van der Waals surface area contributed by atoms with Gasteiger partial charge in [0.1, 0.15) is 6.61 Å². The summed E-state index contributed by atoms with van der Waals surface area (Å²) in [5, 5.41) is 0.638. The third-order valence-electron chi connectivity index (χ3n) is 3.74. The fourth-order valence-electron chi connectivity index (χ4n) is 2.42. The molecule has 28 heavy (non-hydrogen) atoms. The Bertz CT molecular complexity index is 992. The van der Waals surface area contributed by atoms with Gasteiger partial charge in [-0.1, -0.05) is 41.3 Å². The van der Waals surface area contributed by atoms with Crippen molar-refractivity contribution in [1.82, 2.24) is 4.90 Å². The molecule has 0 aromatic heterocycles. The van der Waals surface area contributed by atoms with Gasteiger partial charge in [-0.05, 0) is 69.2 Å². The van der Waals surface area contributed by atoms with Crippen molar-refractivity contribution in [3.63, 3.8) is 0 Å². The second kappa shape index (κ2) is 9.06. The Morgan fingerprint density at radius 1 is 1.21 bits per heavy atom. The van der Waals surface area contributed by atoms with Crippen molar-refractivity contribution in [2.75, 3.05) is 6.54 Å². The predicted molar refractivity (Wildman–Crippen MR) is 116 cm³/mol. The average molecular weight is 497 g/mol. The molecule has 0 bridgehead atoms. The van der Waals surface area contributed by atoms with E-state index in [1.807, 2.05) is 12.1 Å². The lowest BCUT2D eigenvalue weighted by Crippen LogP contribution is -2.28. The highest BCUT2D eigenvalue weighted by Crippen LogP contribution is 2.37. The van der Waals surface area contributed by atoms with Gasteiger partial charge in [0.2, 0.25) is 0 Å². The molecule has 0 saturated carbocycles. The Morgan fingerprint density at radius 2 is 1.93 bits per heavy atom. The van der Waals surface area contributed by atoms with E-state index in [9.17, 15) is 9.59 Å². The van der Waals surface area contributed by atoms with Crippen LogP contribution < -0.4 is 4.74 Å². The van der Waals surface area contributed by atoms with Crippen molar-refractivity contribution in [2.24, 2.45) is 0 Å². The minimum atomic E-state index is -0.414. The van der Waals surface area contributed by atoms with Gasteiger partial charge in [-0.15, -0.1) is 6.42 Å². The molecule has 1 aliphatic heterocycles. The summed E-state index contributed by atoms with van der Waals surface area (Å²) in [5.74, 6) is 2.37. The average Bonchev–Trinajstić information content (AvgIpc) is 2.90. The number of ether oxygens (including phenoxy) is 1. The second-order valence-corrected chi connectivity index (χ2v) is 8.39. The number of hydrogen-bond acceptors (Lipinski definition) is 4. The SMILES string of the molecule is C#CCN1C(=O)S/C(=C/c2cc(Cl)c(OCc3ccc(Cl)cc3)c(Br)c2)C1=O. The third kappa shape index (κ3) is 4.73. The van der Waals surface area contributed by atoms with Crippen molar-refractivity contribution < 1.29 is 14.3 Å². The van der Waals surface area contributed by atoms with Gasteiger partial charge in [0.05, 0.1) is 20.9 Å². The maximum absolute atomic E-state index is 12.3. The van der Waals surface area contributed by atoms with E-state index in [0.29, 0.717) is 32.4 Å². The molecule has 0 atom stereocenters. The molecule has 1 saturated heterocycles. The fraction of sp³-hybridized carbons (Fsp3) is 0.100. The summed E-state index contributed by atoms with van der Waals surface area (Å²) in [6, 6.07) is 10.7. The smallest absolute Gasteiger partial charge is 0.294 e. The Labute approximate surface area is 185 Å². The highest BCUT2D eigenvalue weighted by atomic mass is 79.9. The van der Waals surface area contributed by atoms with Crippen LogP contribution in [0.5, 0.6) is 5.75 Å². The van der Waals surface area contributed by atoms with Gasteiger partial charge in [-0.25, -0.2) is 0 Å². The summed E-state index contributed by atoms with van der Waals surface area (Å²) in [4.78, 5) is 25.5.